The Kier molecular flexibility index (Phi) is 3.65. The normalized spacial score (nSPS) is 17.4. The van der Waals surface area contributed by atoms with Crippen LogP contribution in [0.3, 0.4) is 0 Å². The molecule has 7 heteroatoms. The maximum absolute atomic E-state index is 12.6. The summed E-state index contributed by atoms with van der Waals surface area (Å²) in [7, 11) is 0. The molecular formula is C14H11ClN2O3S. The van der Waals surface area contributed by atoms with E-state index in [0.717, 1.165) is 4.88 Å². The number of fused-ring (bicyclic) bond motifs is 1. The number of amides is 1. The molecule has 0 bridgehead atoms. The van der Waals surface area contributed by atoms with Crippen LogP contribution in [0.2, 0.25) is 5.02 Å². The van der Waals surface area contributed by atoms with Crippen molar-refractivity contribution in [3.05, 3.63) is 50.9 Å². The molecule has 0 radical (unpaired) electrons. The van der Waals surface area contributed by atoms with Crippen LogP contribution in [0.4, 0.5) is 0 Å². The number of hydrogen-bond donors (Lipinski definition) is 1. The second-order valence-electron chi connectivity index (χ2n) is 4.64. The Bertz CT molecular complexity index is 716. The summed E-state index contributed by atoms with van der Waals surface area (Å²) in [5.41, 5.74) is 0.967. The highest BCUT2D eigenvalue weighted by Gasteiger charge is 2.37. The third-order valence-corrected chi connectivity index (χ3v) is 4.76. The van der Waals surface area contributed by atoms with Crippen LogP contribution in [0.15, 0.2) is 29.9 Å². The number of carboxylic acids is 1. The van der Waals surface area contributed by atoms with E-state index in [1.807, 2.05) is 5.38 Å². The van der Waals surface area contributed by atoms with E-state index in [4.69, 9.17) is 11.6 Å². The van der Waals surface area contributed by atoms with Crippen LogP contribution in [0.1, 0.15) is 26.8 Å². The lowest BCUT2D eigenvalue weighted by molar-refractivity contribution is -0.142. The van der Waals surface area contributed by atoms with Crippen LogP contribution in [0, 0.1) is 0 Å². The number of pyridine rings is 1. The van der Waals surface area contributed by atoms with Crippen molar-refractivity contribution in [3.63, 3.8) is 0 Å². The molecule has 5 nitrogen and oxygen atoms in total. The van der Waals surface area contributed by atoms with Crippen LogP contribution in [0.5, 0.6) is 0 Å². The molecule has 1 aliphatic heterocycles. The number of rotatable bonds is 2. The summed E-state index contributed by atoms with van der Waals surface area (Å²) < 4.78 is 0. The predicted molar refractivity (Wildman–Crippen MR) is 78.7 cm³/mol. The lowest BCUT2D eigenvalue weighted by Crippen LogP contribution is -2.43. The van der Waals surface area contributed by atoms with Crippen LogP contribution >= 0.6 is 22.9 Å². The molecule has 0 saturated carbocycles. The average Bonchev–Trinajstić information content (AvgIpc) is 2.94. The van der Waals surface area contributed by atoms with Crippen molar-refractivity contribution in [1.82, 2.24) is 9.88 Å². The Morgan fingerprint density at radius 1 is 1.43 bits per heavy atom. The van der Waals surface area contributed by atoms with Gasteiger partial charge in [-0.1, -0.05) is 11.6 Å². The van der Waals surface area contributed by atoms with E-state index < -0.39 is 12.0 Å². The van der Waals surface area contributed by atoms with Crippen LogP contribution in [-0.2, 0) is 11.2 Å². The van der Waals surface area contributed by atoms with Gasteiger partial charge in [-0.05, 0) is 29.5 Å². The van der Waals surface area contributed by atoms with Crippen molar-refractivity contribution >= 4 is 34.8 Å². The van der Waals surface area contributed by atoms with Gasteiger partial charge in [0, 0.05) is 23.8 Å². The molecule has 1 aliphatic rings. The zero-order valence-electron chi connectivity index (χ0n) is 10.8. The fourth-order valence-electron chi connectivity index (χ4n) is 2.50. The Morgan fingerprint density at radius 2 is 2.24 bits per heavy atom. The maximum atomic E-state index is 12.6. The highest BCUT2D eigenvalue weighted by atomic mass is 35.5. The SMILES string of the molecule is O=C(O)C1c2ccsc2CCN1C(=O)c1ccncc1Cl. The molecular weight excluding hydrogens is 312 g/mol. The number of halogens is 1. The van der Waals surface area contributed by atoms with Gasteiger partial charge in [0.15, 0.2) is 6.04 Å². The van der Waals surface area contributed by atoms with E-state index in [1.54, 1.807) is 6.07 Å². The number of carbonyl (C=O) groups excluding carboxylic acids is 1. The Hall–Kier alpha value is -1.92. The minimum atomic E-state index is -1.03. The largest absolute Gasteiger partial charge is 0.479 e. The van der Waals surface area contributed by atoms with E-state index in [1.165, 1.54) is 34.7 Å². The fraction of sp³-hybridized carbons (Fsp3) is 0.214. The molecule has 0 aromatic carbocycles. The lowest BCUT2D eigenvalue weighted by atomic mass is 9.99. The summed E-state index contributed by atoms with van der Waals surface area (Å²) >= 11 is 7.51. The molecule has 0 spiro atoms. The molecule has 2 aromatic rings. The van der Waals surface area contributed by atoms with Crippen molar-refractivity contribution in [3.8, 4) is 0 Å². The van der Waals surface area contributed by atoms with Crippen molar-refractivity contribution < 1.29 is 14.7 Å². The minimum Gasteiger partial charge on any atom is -0.479 e. The van der Waals surface area contributed by atoms with Gasteiger partial charge in [-0.15, -0.1) is 11.3 Å². The van der Waals surface area contributed by atoms with Crippen LogP contribution < -0.4 is 0 Å². The Labute approximate surface area is 129 Å². The van der Waals surface area contributed by atoms with Gasteiger partial charge in [-0.3, -0.25) is 9.78 Å². The zero-order chi connectivity index (χ0) is 15.0. The minimum absolute atomic E-state index is 0.225. The summed E-state index contributed by atoms with van der Waals surface area (Å²) in [5.74, 6) is -1.42. The number of aromatic nitrogens is 1. The van der Waals surface area contributed by atoms with Crippen molar-refractivity contribution in [1.29, 1.82) is 0 Å². The fourth-order valence-corrected chi connectivity index (χ4v) is 3.61. The second-order valence-corrected chi connectivity index (χ2v) is 6.05. The van der Waals surface area contributed by atoms with E-state index >= 15 is 0 Å². The van der Waals surface area contributed by atoms with E-state index in [2.05, 4.69) is 4.98 Å². The van der Waals surface area contributed by atoms with Crippen molar-refractivity contribution in [2.75, 3.05) is 6.54 Å². The zero-order valence-corrected chi connectivity index (χ0v) is 12.4. The van der Waals surface area contributed by atoms with Crippen LogP contribution in [0.25, 0.3) is 0 Å². The van der Waals surface area contributed by atoms with Crippen molar-refractivity contribution in [2.45, 2.75) is 12.5 Å². The van der Waals surface area contributed by atoms with Gasteiger partial charge in [0.1, 0.15) is 0 Å². The smallest absolute Gasteiger partial charge is 0.331 e. The molecule has 3 rings (SSSR count). The van der Waals surface area contributed by atoms with E-state index in [9.17, 15) is 14.7 Å². The van der Waals surface area contributed by atoms with Crippen LogP contribution in [-0.4, -0.2) is 33.4 Å². The van der Waals surface area contributed by atoms with E-state index in [-0.39, 0.29) is 16.5 Å². The molecule has 2 aromatic heterocycles. The second kappa shape index (κ2) is 5.46. The summed E-state index contributed by atoms with van der Waals surface area (Å²) in [5, 5.41) is 11.6. The van der Waals surface area contributed by atoms with E-state index in [0.29, 0.717) is 18.5 Å². The topological polar surface area (TPSA) is 70.5 Å². The molecule has 1 unspecified atom stereocenters. The molecule has 1 amide bonds. The third-order valence-electron chi connectivity index (χ3n) is 3.46. The van der Waals surface area contributed by atoms with Gasteiger partial charge < -0.3 is 10.0 Å². The number of carboxylic acid groups (broad SMARTS) is 1. The third kappa shape index (κ3) is 2.41. The van der Waals surface area contributed by atoms with Gasteiger partial charge in [-0.25, -0.2) is 4.79 Å². The monoisotopic (exact) mass is 322 g/mol. The standard InChI is InChI=1S/C14H11ClN2O3S/c15-10-7-16-4-1-8(10)13(18)17-5-2-11-9(3-6-21-11)12(17)14(19)20/h1,3-4,6-7,12H,2,5H2,(H,19,20). The summed E-state index contributed by atoms with van der Waals surface area (Å²) in [6, 6.07) is 2.32. The summed E-state index contributed by atoms with van der Waals surface area (Å²) in [6.07, 6.45) is 3.50. The number of hydrogen-bond acceptors (Lipinski definition) is 4. The first-order valence-corrected chi connectivity index (χ1v) is 7.55. The first-order chi connectivity index (χ1) is 10.1. The number of thiophene rings is 1. The molecule has 108 valence electrons. The van der Waals surface area contributed by atoms with Gasteiger partial charge in [0.25, 0.3) is 5.91 Å². The molecule has 0 fully saturated rings. The molecule has 1 N–H and O–H groups in total. The van der Waals surface area contributed by atoms with Gasteiger partial charge in [0.2, 0.25) is 0 Å². The number of aliphatic carboxylic acids is 1. The van der Waals surface area contributed by atoms with Crippen molar-refractivity contribution in [2.24, 2.45) is 0 Å². The Morgan fingerprint density at radius 3 is 2.95 bits per heavy atom. The predicted octanol–water partition coefficient (Wildman–Crippen LogP) is 2.62. The average molecular weight is 323 g/mol. The number of carbonyl (C=O) groups is 2. The molecule has 1 atom stereocenters. The molecule has 0 aliphatic carbocycles. The molecule has 21 heavy (non-hydrogen) atoms. The highest BCUT2D eigenvalue weighted by Crippen LogP contribution is 2.34. The van der Waals surface area contributed by atoms with Gasteiger partial charge in [0.05, 0.1) is 10.6 Å². The Balaban J connectivity index is 2.00. The first-order valence-electron chi connectivity index (χ1n) is 6.29. The summed E-state index contributed by atoms with van der Waals surface area (Å²) in [6.45, 7) is 0.363. The quantitative estimate of drug-likeness (QED) is 0.922. The number of nitrogens with zero attached hydrogens (tertiary/aromatic N) is 2. The molecule has 3 heterocycles. The molecule has 0 saturated heterocycles. The lowest BCUT2D eigenvalue weighted by Gasteiger charge is -2.33. The van der Waals surface area contributed by atoms with Gasteiger partial charge >= 0.3 is 5.97 Å². The first kappa shape index (κ1) is 14.0. The summed E-state index contributed by atoms with van der Waals surface area (Å²) in [4.78, 5) is 30.4. The van der Waals surface area contributed by atoms with Gasteiger partial charge in [-0.2, -0.15) is 0 Å². The highest BCUT2D eigenvalue weighted by molar-refractivity contribution is 7.10. The maximum Gasteiger partial charge on any atom is 0.331 e.